The van der Waals surface area contributed by atoms with Crippen molar-refractivity contribution >= 4 is 15.9 Å². The Morgan fingerprint density at radius 3 is 2.68 bits per heavy atom. The second-order valence-corrected chi connectivity index (χ2v) is 12.8. The standard InChI is InChI=1S/C28H34N6O3S/c1-28(2,3)30-18-20-12-13-24-21(16-20)8-7-11-25(24)33-19-22(31-32-33)17-26-27(35)29-14-15-34(26)38(36,37)23-9-5-4-6-10-23/h4-6,9-10,12-16,19,25-26,30H,7-8,11,17-18H2,1-3H3,(H,29,35)/t25-,26-/m1/s1. The van der Waals surface area contributed by atoms with Gasteiger partial charge in [0, 0.05) is 37.1 Å². The fraction of sp³-hybridized carbons (Fsp3) is 0.393. The Hall–Kier alpha value is -3.50. The van der Waals surface area contributed by atoms with Gasteiger partial charge in [0.2, 0.25) is 5.91 Å². The predicted octanol–water partition coefficient (Wildman–Crippen LogP) is 3.29. The number of amides is 1. The molecule has 2 aliphatic rings. The molecule has 2 aromatic carbocycles. The molecule has 1 aliphatic carbocycles. The van der Waals surface area contributed by atoms with Gasteiger partial charge in [-0.1, -0.05) is 41.6 Å². The van der Waals surface area contributed by atoms with Gasteiger partial charge < -0.3 is 10.6 Å². The second-order valence-electron chi connectivity index (χ2n) is 10.9. The summed E-state index contributed by atoms with van der Waals surface area (Å²) in [4.78, 5) is 12.9. The molecule has 38 heavy (non-hydrogen) atoms. The molecule has 2 atom stereocenters. The number of nitrogens with zero attached hydrogens (tertiary/aromatic N) is 4. The van der Waals surface area contributed by atoms with Gasteiger partial charge in [-0.25, -0.2) is 13.1 Å². The molecule has 200 valence electrons. The number of hydrogen-bond acceptors (Lipinski definition) is 6. The van der Waals surface area contributed by atoms with Crippen LogP contribution in [-0.4, -0.2) is 45.2 Å². The maximum atomic E-state index is 13.3. The molecule has 10 heteroatoms. The molecule has 9 nitrogen and oxygen atoms in total. The zero-order valence-corrected chi connectivity index (χ0v) is 22.8. The fourth-order valence-electron chi connectivity index (χ4n) is 5.00. The smallest absolute Gasteiger partial charge is 0.264 e. The number of sulfonamides is 1. The third kappa shape index (κ3) is 5.51. The lowest BCUT2D eigenvalue weighted by atomic mass is 9.86. The molecular formula is C28H34N6O3S. The van der Waals surface area contributed by atoms with Crippen molar-refractivity contribution < 1.29 is 13.2 Å². The van der Waals surface area contributed by atoms with Crippen LogP contribution in [0.2, 0.25) is 0 Å². The van der Waals surface area contributed by atoms with Crippen molar-refractivity contribution in [2.75, 3.05) is 0 Å². The molecule has 0 fully saturated rings. The summed E-state index contributed by atoms with van der Waals surface area (Å²) in [7, 11) is -3.91. The van der Waals surface area contributed by atoms with Crippen LogP contribution in [0.15, 0.2) is 72.0 Å². The third-order valence-electron chi connectivity index (χ3n) is 6.97. The number of carbonyl (C=O) groups excluding carboxylic acids is 1. The van der Waals surface area contributed by atoms with Gasteiger partial charge in [0.1, 0.15) is 6.04 Å². The van der Waals surface area contributed by atoms with Crippen LogP contribution in [0, 0.1) is 0 Å². The Morgan fingerprint density at radius 1 is 1.13 bits per heavy atom. The highest BCUT2D eigenvalue weighted by molar-refractivity contribution is 7.89. The van der Waals surface area contributed by atoms with Gasteiger partial charge >= 0.3 is 0 Å². The van der Waals surface area contributed by atoms with Crippen molar-refractivity contribution in [3.8, 4) is 0 Å². The van der Waals surface area contributed by atoms with Crippen LogP contribution < -0.4 is 10.6 Å². The van der Waals surface area contributed by atoms with Gasteiger partial charge in [-0.2, -0.15) is 0 Å². The molecule has 2 N–H and O–H groups in total. The topological polar surface area (TPSA) is 109 Å². The minimum absolute atomic E-state index is 0.0499. The minimum Gasteiger partial charge on any atom is -0.329 e. The summed E-state index contributed by atoms with van der Waals surface area (Å²) in [6.45, 7) is 7.29. The molecule has 0 unspecified atom stereocenters. The first-order valence-electron chi connectivity index (χ1n) is 12.9. The quantitative estimate of drug-likeness (QED) is 0.482. The van der Waals surface area contributed by atoms with Crippen LogP contribution in [0.1, 0.15) is 62.0 Å². The summed E-state index contributed by atoms with van der Waals surface area (Å²) in [6.07, 6.45) is 7.70. The van der Waals surface area contributed by atoms with E-state index in [0.717, 1.165) is 30.1 Å². The summed E-state index contributed by atoms with van der Waals surface area (Å²) in [6, 6.07) is 13.8. The van der Waals surface area contributed by atoms with E-state index in [4.69, 9.17) is 0 Å². The molecule has 0 saturated heterocycles. The summed E-state index contributed by atoms with van der Waals surface area (Å²) in [5.41, 5.74) is 4.43. The lowest BCUT2D eigenvalue weighted by Crippen LogP contribution is -2.50. The number of hydrogen-bond donors (Lipinski definition) is 2. The van der Waals surface area contributed by atoms with Crippen LogP contribution in [0.3, 0.4) is 0 Å². The van der Waals surface area contributed by atoms with E-state index in [0.29, 0.717) is 5.69 Å². The SMILES string of the molecule is CC(C)(C)NCc1ccc2c(c1)CCC[C@H]2n1cc(C[C@@H]2C(=O)NC=CN2S(=O)(=O)c2ccccc2)nn1. The maximum Gasteiger partial charge on any atom is 0.264 e. The van der Waals surface area contributed by atoms with Gasteiger partial charge in [-0.3, -0.25) is 9.10 Å². The number of rotatable bonds is 7. The van der Waals surface area contributed by atoms with Crippen LogP contribution in [0.4, 0.5) is 0 Å². The summed E-state index contributed by atoms with van der Waals surface area (Å²) >= 11 is 0. The van der Waals surface area contributed by atoms with Gasteiger partial charge in [0.25, 0.3) is 10.0 Å². The average Bonchev–Trinajstić information content (AvgIpc) is 3.36. The Morgan fingerprint density at radius 2 is 1.92 bits per heavy atom. The summed E-state index contributed by atoms with van der Waals surface area (Å²) in [5, 5.41) is 14.9. The normalized spacial score (nSPS) is 19.8. The fourth-order valence-corrected chi connectivity index (χ4v) is 6.48. The highest BCUT2D eigenvalue weighted by atomic mass is 32.2. The van der Waals surface area contributed by atoms with E-state index in [1.165, 1.54) is 41.2 Å². The molecule has 5 rings (SSSR count). The second kappa shape index (κ2) is 10.3. The van der Waals surface area contributed by atoms with E-state index < -0.39 is 22.0 Å². The van der Waals surface area contributed by atoms with Crippen molar-refractivity contribution in [2.24, 2.45) is 0 Å². The number of nitrogens with one attached hydrogen (secondary N) is 2. The van der Waals surface area contributed by atoms with Crippen LogP contribution in [0.25, 0.3) is 0 Å². The molecular weight excluding hydrogens is 500 g/mol. The van der Waals surface area contributed by atoms with E-state index in [-0.39, 0.29) is 22.9 Å². The van der Waals surface area contributed by atoms with Gasteiger partial charge in [0.05, 0.1) is 16.6 Å². The number of aromatic nitrogens is 3. The number of carbonyl (C=O) groups is 1. The zero-order valence-electron chi connectivity index (χ0n) is 22.0. The Kier molecular flexibility index (Phi) is 7.11. The van der Waals surface area contributed by atoms with Gasteiger partial charge in [-0.05, 0) is 68.9 Å². The average molecular weight is 535 g/mol. The molecule has 1 aliphatic heterocycles. The summed E-state index contributed by atoms with van der Waals surface area (Å²) in [5.74, 6) is -0.402. The Labute approximate surface area is 224 Å². The van der Waals surface area contributed by atoms with Gasteiger partial charge in [-0.15, -0.1) is 5.10 Å². The monoisotopic (exact) mass is 534 g/mol. The van der Waals surface area contributed by atoms with Crippen molar-refractivity contribution in [3.63, 3.8) is 0 Å². The highest BCUT2D eigenvalue weighted by Gasteiger charge is 2.36. The Balaban J connectivity index is 1.36. The lowest BCUT2D eigenvalue weighted by Gasteiger charge is -2.31. The van der Waals surface area contributed by atoms with E-state index in [2.05, 4.69) is 59.9 Å². The first-order valence-corrected chi connectivity index (χ1v) is 14.4. The van der Waals surface area contributed by atoms with E-state index in [1.54, 1.807) is 18.2 Å². The van der Waals surface area contributed by atoms with Crippen molar-refractivity contribution in [1.82, 2.24) is 29.9 Å². The molecule has 0 radical (unpaired) electrons. The zero-order chi connectivity index (χ0) is 26.9. The number of benzene rings is 2. The molecule has 1 aromatic heterocycles. The van der Waals surface area contributed by atoms with Crippen molar-refractivity contribution in [2.45, 2.75) is 75.5 Å². The number of aryl methyl sites for hydroxylation is 1. The first-order chi connectivity index (χ1) is 18.1. The predicted molar refractivity (Wildman–Crippen MR) is 144 cm³/mol. The number of fused-ring (bicyclic) bond motifs is 1. The Bertz CT molecular complexity index is 1440. The lowest BCUT2D eigenvalue weighted by molar-refractivity contribution is -0.124. The van der Waals surface area contributed by atoms with Crippen LogP contribution >= 0.6 is 0 Å². The molecule has 1 amide bonds. The molecule has 2 heterocycles. The van der Waals surface area contributed by atoms with Crippen LogP contribution in [0.5, 0.6) is 0 Å². The largest absolute Gasteiger partial charge is 0.329 e. The highest BCUT2D eigenvalue weighted by Crippen LogP contribution is 2.33. The first kappa shape index (κ1) is 26.1. The van der Waals surface area contributed by atoms with E-state index >= 15 is 0 Å². The van der Waals surface area contributed by atoms with Crippen molar-refractivity contribution in [1.29, 1.82) is 0 Å². The molecule has 0 saturated carbocycles. The summed E-state index contributed by atoms with van der Waals surface area (Å²) < 4.78 is 29.6. The molecule has 0 spiro atoms. The van der Waals surface area contributed by atoms with E-state index in [9.17, 15) is 13.2 Å². The molecule has 0 bridgehead atoms. The minimum atomic E-state index is -3.91. The van der Waals surface area contributed by atoms with Gasteiger partial charge in [0.15, 0.2) is 0 Å². The van der Waals surface area contributed by atoms with Crippen molar-refractivity contribution in [3.05, 3.63) is 89.5 Å². The maximum absolute atomic E-state index is 13.3. The van der Waals surface area contributed by atoms with E-state index in [1.807, 2.05) is 10.9 Å². The van der Waals surface area contributed by atoms with Crippen LogP contribution in [-0.2, 0) is 34.2 Å². The third-order valence-corrected chi connectivity index (χ3v) is 8.77. The molecule has 3 aromatic rings.